The molecule has 0 aromatic heterocycles. The summed E-state index contributed by atoms with van der Waals surface area (Å²) in [6.07, 6.45) is 0.287. The van der Waals surface area contributed by atoms with Gasteiger partial charge in [0.25, 0.3) is 5.91 Å². The number of carbonyl (C=O) groups is 1. The molecular weight excluding hydrogens is 421 g/mol. The van der Waals surface area contributed by atoms with Crippen LogP contribution in [0, 0.1) is 5.82 Å². The molecule has 29 heavy (non-hydrogen) atoms. The molecule has 1 amide bonds. The van der Waals surface area contributed by atoms with Gasteiger partial charge in [-0.15, -0.1) is 0 Å². The van der Waals surface area contributed by atoms with Gasteiger partial charge in [0.05, 0.1) is 25.2 Å². The van der Waals surface area contributed by atoms with Crippen molar-refractivity contribution in [1.82, 2.24) is 4.90 Å². The first-order chi connectivity index (χ1) is 13.8. The molecule has 0 bridgehead atoms. The van der Waals surface area contributed by atoms with Gasteiger partial charge in [-0.2, -0.15) is 0 Å². The number of amides is 1. The van der Waals surface area contributed by atoms with Crippen LogP contribution in [0.5, 0.6) is 11.5 Å². The number of benzene rings is 2. The molecule has 6 nitrogen and oxygen atoms in total. The number of halogens is 2. The average molecular weight is 442 g/mol. The third kappa shape index (κ3) is 5.19. The topological polar surface area (TPSA) is 72.9 Å². The highest BCUT2D eigenvalue weighted by molar-refractivity contribution is 7.91. The molecule has 0 unspecified atom stereocenters. The molecule has 2 aromatic rings. The monoisotopic (exact) mass is 441 g/mol. The first-order valence-corrected chi connectivity index (χ1v) is 11.2. The van der Waals surface area contributed by atoms with Crippen molar-refractivity contribution in [3.8, 4) is 11.5 Å². The quantitative estimate of drug-likeness (QED) is 0.660. The van der Waals surface area contributed by atoms with Crippen LogP contribution in [0.1, 0.15) is 12.0 Å². The number of sulfone groups is 1. The summed E-state index contributed by atoms with van der Waals surface area (Å²) in [5.41, 5.74) is 0.143. The number of nitrogens with zero attached hydrogens (tertiary/aromatic N) is 1. The molecule has 1 fully saturated rings. The predicted molar refractivity (Wildman–Crippen MR) is 108 cm³/mol. The SMILES string of the molecule is COc1ccccc1OCC(=O)N(Cc1c(F)cccc1Cl)[C@@H]1CCS(=O)(=O)C1. The first-order valence-electron chi connectivity index (χ1n) is 8.99. The van der Waals surface area contributed by atoms with Crippen molar-refractivity contribution >= 4 is 27.3 Å². The molecule has 0 saturated carbocycles. The lowest BCUT2D eigenvalue weighted by molar-refractivity contribution is -0.136. The highest BCUT2D eigenvalue weighted by Crippen LogP contribution is 2.28. The second kappa shape index (κ2) is 9.00. The highest BCUT2D eigenvalue weighted by Gasteiger charge is 2.35. The lowest BCUT2D eigenvalue weighted by Crippen LogP contribution is -2.43. The molecule has 156 valence electrons. The van der Waals surface area contributed by atoms with Gasteiger partial charge in [-0.1, -0.05) is 29.8 Å². The van der Waals surface area contributed by atoms with Gasteiger partial charge in [0.2, 0.25) is 0 Å². The van der Waals surface area contributed by atoms with Crippen molar-refractivity contribution < 1.29 is 27.1 Å². The Morgan fingerprint density at radius 1 is 1.21 bits per heavy atom. The number of para-hydroxylation sites is 2. The van der Waals surface area contributed by atoms with Crippen LogP contribution in [0.3, 0.4) is 0 Å². The minimum absolute atomic E-state index is 0.0141. The van der Waals surface area contributed by atoms with E-state index < -0.39 is 27.6 Å². The van der Waals surface area contributed by atoms with Crippen molar-refractivity contribution in [2.24, 2.45) is 0 Å². The normalized spacial score (nSPS) is 17.7. The number of hydrogen-bond acceptors (Lipinski definition) is 5. The predicted octanol–water partition coefficient (Wildman–Crippen LogP) is 3.08. The largest absolute Gasteiger partial charge is 0.493 e. The van der Waals surface area contributed by atoms with Gasteiger partial charge in [-0.05, 0) is 30.7 Å². The van der Waals surface area contributed by atoms with Gasteiger partial charge in [-0.25, -0.2) is 12.8 Å². The second-order valence-corrected chi connectivity index (χ2v) is 9.35. The van der Waals surface area contributed by atoms with Crippen LogP contribution in [0.25, 0.3) is 0 Å². The van der Waals surface area contributed by atoms with E-state index in [9.17, 15) is 17.6 Å². The molecule has 1 heterocycles. The van der Waals surface area contributed by atoms with Crippen LogP contribution in [-0.4, -0.2) is 50.5 Å². The van der Waals surface area contributed by atoms with E-state index in [0.717, 1.165) is 0 Å². The Balaban J connectivity index is 1.81. The summed E-state index contributed by atoms with van der Waals surface area (Å²) in [6, 6.07) is 10.5. The Morgan fingerprint density at radius 3 is 2.55 bits per heavy atom. The maximum absolute atomic E-state index is 14.3. The summed E-state index contributed by atoms with van der Waals surface area (Å²) >= 11 is 6.11. The molecule has 3 rings (SSSR count). The number of methoxy groups -OCH3 is 1. The van der Waals surface area contributed by atoms with Crippen LogP contribution >= 0.6 is 11.6 Å². The molecular formula is C20H21ClFNO5S. The molecule has 0 radical (unpaired) electrons. The van der Waals surface area contributed by atoms with Crippen molar-refractivity contribution in [3.63, 3.8) is 0 Å². The summed E-state index contributed by atoms with van der Waals surface area (Å²) in [5, 5.41) is 0.175. The molecule has 0 N–H and O–H groups in total. The van der Waals surface area contributed by atoms with E-state index in [1.54, 1.807) is 24.3 Å². The molecule has 1 aliphatic rings. The van der Waals surface area contributed by atoms with E-state index in [1.807, 2.05) is 0 Å². The third-order valence-electron chi connectivity index (χ3n) is 4.78. The smallest absolute Gasteiger partial charge is 0.261 e. The fourth-order valence-corrected chi connectivity index (χ4v) is 5.21. The fourth-order valence-electron chi connectivity index (χ4n) is 3.26. The molecule has 0 spiro atoms. The van der Waals surface area contributed by atoms with Crippen LogP contribution in [0.15, 0.2) is 42.5 Å². The number of ether oxygens (including phenoxy) is 2. The zero-order valence-corrected chi connectivity index (χ0v) is 17.4. The van der Waals surface area contributed by atoms with Gasteiger partial charge in [0.1, 0.15) is 5.82 Å². The van der Waals surface area contributed by atoms with Gasteiger partial charge < -0.3 is 14.4 Å². The van der Waals surface area contributed by atoms with E-state index in [-0.39, 0.29) is 41.7 Å². The Kier molecular flexibility index (Phi) is 6.64. The van der Waals surface area contributed by atoms with Crippen molar-refractivity contribution in [1.29, 1.82) is 0 Å². The summed E-state index contributed by atoms with van der Waals surface area (Å²) < 4.78 is 48.9. The summed E-state index contributed by atoms with van der Waals surface area (Å²) in [6.45, 7) is -0.483. The molecule has 9 heteroatoms. The maximum Gasteiger partial charge on any atom is 0.261 e. The standard InChI is InChI=1S/C20H21ClFNO5S/c1-27-18-7-2-3-8-19(18)28-12-20(24)23(14-9-10-29(25,26)13-14)11-15-16(21)5-4-6-17(15)22/h2-8,14H,9-13H2,1H3/t14-/m1/s1. The van der Waals surface area contributed by atoms with E-state index >= 15 is 0 Å². The fraction of sp³-hybridized carbons (Fsp3) is 0.350. The Hall–Kier alpha value is -2.32. The van der Waals surface area contributed by atoms with Gasteiger partial charge in [0, 0.05) is 16.6 Å². The van der Waals surface area contributed by atoms with Crippen LogP contribution in [0.2, 0.25) is 5.02 Å². The van der Waals surface area contributed by atoms with E-state index in [2.05, 4.69) is 0 Å². The second-order valence-electron chi connectivity index (χ2n) is 6.72. The molecule has 1 atom stereocenters. The summed E-state index contributed by atoms with van der Waals surface area (Å²) in [7, 11) is -1.76. The van der Waals surface area contributed by atoms with Gasteiger partial charge in [-0.3, -0.25) is 4.79 Å². The highest BCUT2D eigenvalue weighted by atomic mass is 35.5. The zero-order chi connectivity index (χ0) is 21.0. The van der Waals surface area contributed by atoms with Crippen molar-refractivity contribution in [2.75, 3.05) is 25.2 Å². The molecule has 2 aromatic carbocycles. The lowest BCUT2D eigenvalue weighted by Gasteiger charge is -2.29. The minimum atomic E-state index is -3.25. The molecule has 1 saturated heterocycles. The number of hydrogen-bond donors (Lipinski definition) is 0. The van der Waals surface area contributed by atoms with Crippen molar-refractivity contribution in [3.05, 3.63) is 58.9 Å². The number of rotatable bonds is 7. The minimum Gasteiger partial charge on any atom is -0.493 e. The Labute approximate surface area is 174 Å². The van der Waals surface area contributed by atoms with Crippen LogP contribution in [0.4, 0.5) is 4.39 Å². The van der Waals surface area contributed by atoms with Crippen LogP contribution in [-0.2, 0) is 21.2 Å². The lowest BCUT2D eigenvalue weighted by atomic mass is 10.1. The number of carbonyl (C=O) groups excluding carboxylic acids is 1. The molecule has 1 aliphatic heterocycles. The van der Waals surface area contributed by atoms with Crippen molar-refractivity contribution in [2.45, 2.75) is 19.0 Å². The third-order valence-corrected chi connectivity index (χ3v) is 6.88. The Bertz CT molecular complexity index is 978. The van der Waals surface area contributed by atoms with E-state index in [1.165, 1.54) is 30.2 Å². The van der Waals surface area contributed by atoms with Crippen LogP contribution < -0.4 is 9.47 Å². The van der Waals surface area contributed by atoms with E-state index in [0.29, 0.717) is 11.5 Å². The maximum atomic E-state index is 14.3. The van der Waals surface area contributed by atoms with Gasteiger partial charge >= 0.3 is 0 Å². The Morgan fingerprint density at radius 2 is 1.93 bits per heavy atom. The van der Waals surface area contributed by atoms with Gasteiger partial charge in [0.15, 0.2) is 27.9 Å². The first kappa shape index (κ1) is 21.4. The average Bonchev–Trinajstić information content (AvgIpc) is 3.05. The molecule has 0 aliphatic carbocycles. The zero-order valence-electron chi connectivity index (χ0n) is 15.8. The summed E-state index contributed by atoms with van der Waals surface area (Å²) in [4.78, 5) is 14.3. The van der Waals surface area contributed by atoms with E-state index in [4.69, 9.17) is 21.1 Å². The summed E-state index contributed by atoms with van der Waals surface area (Å²) in [5.74, 6) is -0.350.